The Kier molecular flexibility index (Phi) is 4.60. The van der Waals surface area contributed by atoms with E-state index in [1.165, 1.54) is 5.56 Å². The normalized spacial score (nSPS) is 12.2. The Morgan fingerprint density at radius 2 is 1.47 bits per heavy atom. The van der Waals surface area contributed by atoms with Gasteiger partial charge in [-0.3, -0.25) is 4.98 Å². The number of hydrogen-bond acceptors (Lipinski definition) is 4. The number of pyridine rings is 1. The Morgan fingerprint density at radius 3 is 2.30 bits per heavy atom. The molecule has 4 heteroatoms. The van der Waals surface area contributed by atoms with Crippen LogP contribution in [0.15, 0.2) is 91.1 Å². The Bertz CT molecular complexity index is 1330. The van der Waals surface area contributed by atoms with E-state index in [9.17, 15) is 0 Å². The number of benzene rings is 3. The second kappa shape index (κ2) is 7.56. The van der Waals surface area contributed by atoms with Gasteiger partial charge in [-0.2, -0.15) is 0 Å². The SMILES string of the molecule is CC(c1ccccc1)N(C)c1nnc(-c2cccc3cccnc23)c2ccccc12. The number of hydrogen-bond donors (Lipinski definition) is 0. The Hall–Kier alpha value is -3.79. The molecule has 0 aliphatic heterocycles. The Morgan fingerprint density at radius 1 is 0.733 bits per heavy atom. The van der Waals surface area contributed by atoms with Crippen LogP contribution in [0.4, 0.5) is 5.82 Å². The van der Waals surface area contributed by atoms with Crippen molar-refractivity contribution in [1.82, 2.24) is 15.2 Å². The minimum atomic E-state index is 0.175. The van der Waals surface area contributed by atoms with Gasteiger partial charge in [0, 0.05) is 35.0 Å². The quantitative estimate of drug-likeness (QED) is 0.375. The van der Waals surface area contributed by atoms with Gasteiger partial charge in [0.1, 0.15) is 5.69 Å². The van der Waals surface area contributed by atoms with Crippen LogP contribution >= 0.6 is 0 Å². The lowest BCUT2D eigenvalue weighted by Crippen LogP contribution is -2.23. The minimum absolute atomic E-state index is 0.175. The van der Waals surface area contributed by atoms with Gasteiger partial charge in [-0.25, -0.2) is 0 Å². The van der Waals surface area contributed by atoms with Gasteiger partial charge in [-0.1, -0.05) is 78.9 Å². The van der Waals surface area contributed by atoms with Crippen molar-refractivity contribution in [1.29, 1.82) is 0 Å². The molecule has 1 unspecified atom stereocenters. The largest absolute Gasteiger partial charge is 0.351 e. The van der Waals surface area contributed by atoms with E-state index >= 15 is 0 Å². The topological polar surface area (TPSA) is 41.9 Å². The van der Waals surface area contributed by atoms with E-state index in [1.807, 2.05) is 24.4 Å². The first kappa shape index (κ1) is 18.3. The van der Waals surface area contributed by atoms with Crippen molar-refractivity contribution >= 4 is 27.5 Å². The first-order chi connectivity index (χ1) is 14.7. The second-order valence-corrected chi connectivity index (χ2v) is 7.50. The first-order valence-electron chi connectivity index (χ1n) is 10.1. The molecule has 5 aromatic rings. The molecule has 30 heavy (non-hydrogen) atoms. The zero-order chi connectivity index (χ0) is 20.5. The predicted octanol–water partition coefficient (Wildman–Crippen LogP) is 6.04. The van der Waals surface area contributed by atoms with Crippen molar-refractivity contribution in [3.05, 3.63) is 96.7 Å². The monoisotopic (exact) mass is 390 g/mol. The second-order valence-electron chi connectivity index (χ2n) is 7.50. The van der Waals surface area contributed by atoms with Crippen LogP contribution < -0.4 is 4.90 Å². The smallest absolute Gasteiger partial charge is 0.159 e. The van der Waals surface area contributed by atoms with Crippen LogP contribution in [0.1, 0.15) is 18.5 Å². The van der Waals surface area contributed by atoms with Crippen LogP contribution in [-0.2, 0) is 0 Å². The number of fused-ring (bicyclic) bond motifs is 2. The molecule has 0 amide bonds. The molecule has 0 aliphatic carbocycles. The van der Waals surface area contributed by atoms with Gasteiger partial charge in [0.05, 0.1) is 11.6 Å². The first-order valence-corrected chi connectivity index (χ1v) is 10.1. The highest BCUT2D eigenvalue weighted by atomic mass is 15.3. The third kappa shape index (κ3) is 3.07. The Balaban J connectivity index is 1.68. The van der Waals surface area contributed by atoms with E-state index < -0.39 is 0 Å². The van der Waals surface area contributed by atoms with Gasteiger partial charge in [-0.05, 0) is 18.6 Å². The van der Waals surface area contributed by atoms with Crippen molar-refractivity contribution < 1.29 is 0 Å². The summed E-state index contributed by atoms with van der Waals surface area (Å²) < 4.78 is 0. The molecule has 2 heterocycles. The molecule has 146 valence electrons. The lowest BCUT2D eigenvalue weighted by atomic mass is 10.0. The average molecular weight is 390 g/mol. The van der Waals surface area contributed by atoms with Crippen molar-refractivity contribution in [3.63, 3.8) is 0 Å². The van der Waals surface area contributed by atoms with Crippen LogP contribution in [-0.4, -0.2) is 22.2 Å². The highest BCUT2D eigenvalue weighted by molar-refractivity contribution is 6.05. The highest BCUT2D eigenvalue weighted by Gasteiger charge is 2.19. The van der Waals surface area contributed by atoms with Gasteiger partial charge in [0.2, 0.25) is 0 Å². The van der Waals surface area contributed by atoms with Crippen LogP contribution in [0, 0.1) is 0 Å². The third-order valence-electron chi connectivity index (χ3n) is 5.75. The number of aromatic nitrogens is 3. The van der Waals surface area contributed by atoms with Gasteiger partial charge < -0.3 is 4.90 Å². The molecule has 0 radical (unpaired) electrons. The molecule has 0 bridgehead atoms. The van der Waals surface area contributed by atoms with Crippen molar-refractivity contribution in [2.24, 2.45) is 0 Å². The van der Waals surface area contributed by atoms with E-state index in [0.29, 0.717) is 0 Å². The van der Waals surface area contributed by atoms with Gasteiger partial charge in [0.15, 0.2) is 5.82 Å². The molecule has 2 aromatic heterocycles. The summed E-state index contributed by atoms with van der Waals surface area (Å²) in [4.78, 5) is 6.80. The number of anilines is 1. The summed E-state index contributed by atoms with van der Waals surface area (Å²) in [7, 11) is 2.08. The fourth-order valence-corrected chi connectivity index (χ4v) is 3.98. The molecule has 1 atom stereocenters. The van der Waals surface area contributed by atoms with Crippen LogP contribution in [0.3, 0.4) is 0 Å². The van der Waals surface area contributed by atoms with Gasteiger partial charge in [0.25, 0.3) is 0 Å². The highest BCUT2D eigenvalue weighted by Crippen LogP contribution is 2.35. The molecule has 0 fully saturated rings. The fraction of sp³-hybridized carbons (Fsp3) is 0.115. The summed E-state index contributed by atoms with van der Waals surface area (Å²) in [5.41, 5.74) is 4.05. The van der Waals surface area contributed by atoms with Crippen LogP contribution in [0.2, 0.25) is 0 Å². The van der Waals surface area contributed by atoms with Crippen molar-refractivity contribution in [2.45, 2.75) is 13.0 Å². The summed E-state index contributed by atoms with van der Waals surface area (Å²) in [6.07, 6.45) is 1.82. The van der Waals surface area contributed by atoms with E-state index in [0.717, 1.165) is 38.8 Å². The molecule has 3 aromatic carbocycles. The molecule has 0 aliphatic rings. The molecule has 0 saturated carbocycles. The maximum Gasteiger partial charge on any atom is 0.159 e. The number of para-hydroxylation sites is 1. The molecule has 0 saturated heterocycles. The third-order valence-corrected chi connectivity index (χ3v) is 5.75. The Labute approximate surface area is 175 Å². The molecule has 5 rings (SSSR count). The van der Waals surface area contributed by atoms with Crippen molar-refractivity contribution in [2.75, 3.05) is 11.9 Å². The molecule has 0 spiro atoms. The van der Waals surface area contributed by atoms with E-state index in [-0.39, 0.29) is 6.04 Å². The maximum atomic E-state index is 4.69. The standard InChI is InChI=1S/C26H22N4/c1-18(19-10-4-3-5-11-19)30(2)26-22-15-7-6-14-21(22)25(28-29-26)23-16-8-12-20-13-9-17-27-24(20)23/h3-18H,1-2H3. The zero-order valence-electron chi connectivity index (χ0n) is 17.0. The molecule has 0 N–H and O–H groups in total. The van der Waals surface area contributed by atoms with Crippen LogP contribution in [0.25, 0.3) is 32.9 Å². The summed E-state index contributed by atoms with van der Waals surface area (Å²) in [5.74, 6) is 0.874. The molecular formula is C26H22N4. The minimum Gasteiger partial charge on any atom is -0.351 e. The summed E-state index contributed by atoms with van der Waals surface area (Å²) in [5, 5.41) is 12.6. The lowest BCUT2D eigenvalue weighted by Gasteiger charge is -2.27. The predicted molar refractivity (Wildman–Crippen MR) is 124 cm³/mol. The summed E-state index contributed by atoms with van der Waals surface area (Å²) in [6, 6.07) is 29.2. The maximum absolute atomic E-state index is 4.69. The van der Waals surface area contributed by atoms with E-state index in [4.69, 9.17) is 5.10 Å². The van der Waals surface area contributed by atoms with Gasteiger partial charge >= 0.3 is 0 Å². The molecular weight excluding hydrogens is 368 g/mol. The molecule has 4 nitrogen and oxygen atoms in total. The summed E-state index contributed by atoms with van der Waals surface area (Å²) >= 11 is 0. The number of rotatable bonds is 4. The zero-order valence-corrected chi connectivity index (χ0v) is 17.0. The van der Waals surface area contributed by atoms with E-state index in [1.54, 1.807) is 0 Å². The van der Waals surface area contributed by atoms with Crippen molar-refractivity contribution in [3.8, 4) is 11.3 Å². The van der Waals surface area contributed by atoms with E-state index in [2.05, 4.69) is 95.7 Å². The summed E-state index contributed by atoms with van der Waals surface area (Å²) in [6.45, 7) is 2.19. The number of nitrogens with zero attached hydrogens (tertiary/aromatic N) is 4. The average Bonchev–Trinajstić information content (AvgIpc) is 2.82. The van der Waals surface area contributed by atoms with Crippen LogP contribution in [0.5, 0.6) is 0 Å². The lowest BCUT2D eigenvalue weighted by molar-refractivity contribution is 0.725. The fourth-order valence-electron chi connectivity index (χ4n) is 3.98. The van der Waals surface area contributed by atoms with Gasteiger partial charge in [-0.15, -0.1) is 10.2 Å².